The number of aliphatic hydroxyl groups is 1. The van der Waals surface area contributed by atoms with Gasteiger partial charge >= 0.3 is 0 Å². The Balaban J connectivity index is 2.22. The second kappa shape index (κ2) is 5.91. The van der Waals surface area contributed by atoms with Crippen molar-refractivity contribution in [2.75, 3.05) is 38.6 Å². The summed E-state index contributed by atoms with van der Waals surface area (Å²) in [6.07, 6.45) is -0.373. The third kappa shape index (κ3) is 3.73. The zero-order valence-corrected chi connectivity index (χ0v) is 9.87. The summed E-state index contributed by atoms with van der Waals surface area (Å²) in [5, 5.41) is 9.40. The van der Waals surface area contributed by atoms with Crippen molar-refractivity contribution in [3.8, 4) is 0 Å². The van der Waals surface area contributed by atoms with Gasteiger partial charge in [0, 0.05) is 44.6 Å². The van der Waals surface area contributed by atoms with E-state index in [-0.39, 0.29) is 6.10 Å². The molecule has 1 rings (SSSR count). The first-order chi connectivity index (χ1) is 6.63. The largest absolute Gasteiger partial charge is 0.391 e. The highest BCUT2D eigenvalue weighted by molar-refractivity contribution is 6.18. The molecule has 0 saturated carbocycles. The minimum Gasteiger partial charge on any atom is -0.391 e. The number of β-amino-alcohol motifs (C(OH)–C–C–N with tert-alkyl or cyclic N) is 1. The Morgan fingerprint density at radius 1 is 1.21 bits per heavy atom. The number of piperazine rings is 1. The van der Waals surface area contributed by atoms with E-state index in [0.717, 1.165) is 32.7 Å². The molecule has 0 radical (unpaired) electrons. The molecule has 1 atom stereocenters. The van der Waals surface area contributed by atoms with E-state index in [1.54, 1.807) is 0 Å². The van der Waals surface area contributed by atoms with E-state index in [9.17, 15) is 5.11 Å². The van der Waals surface area contributed by atoms with Crippen LogP contribution in [-0.2, 0) is 0 Å². The van der Waals surface area contributed by atoms with Crippen LogP contribution >= 0.6 is 11.6 Å². The number of rotatable bonds is 4. The maximum absolute atomic E-state index is 9.40. The summed E-state index contributed by atoms with van der Waals surface area (Å²) in [7, 11) is 0. The van der Waals surface area contributed by atoms with Crippen LogP contribution in [0.5, 0.6) is 0 Å². The van der Waals surface area contributed by atoms with Gasteiger partial charge in [-0.25, -0.2) is 0 Å². The van der Waals surface area contributed by atoms with Crippen molar-refractivity contribution in [1.29, 1.82) is 0 Å². The third-order valence-electron chi connectivity index (χ3n) is 2.78. The first-order valence-electron chi connectivity index (χ1n) is 5.34. The first-order valence-corrected chi connectivity index (χ1v) is 5.87. The van der Waals surface area contributed by atoms with Crippen LogP contribution in [0.15, 0.2) is 0 Å². The quantitative estimate of drug-likeness (QED) is 0.704. The molecule has 84 valence electrons. The molecule has 1 fully saturated rings. The van der Waals surface area contributed by atoms with E-state index in [2.05, 4.69) is 23.6 Å². The van der Waals surface area contributed by atoms with Crippen molar-refractivity contribution in [2.45, 2.75) is 26.0 Å². The second-order valence-electron chi connectivity index (χ2n) is 4.24. The summed E-state index contributed by atoms with van der Waals surface area (Å²) < 4.78 is 0. The molecule has 1 N–H and O–H groups in total. The molecule has 1 saturated heterocycles. The fraction of sp³-hybridized carbons (Fsp3) is 1.00. The van der Waals surface area contributed by atoms with E-state index in [1.165, 1.54) is 0 Å². The van der Waals surface area contributed by atoms with Crippen LogP contribution in [0.25, 0.3) is 0 Å². The number of hydrogen-bond acceptors (Lipinski definition) is 3. The molecule has 1 heterocycles. The molecule has 0 spiro atoms. The van der Waals surface area contributed by atoms with Crippen molar-refractivity contribution in [1.82, 2.24) is 9.80 Å². The van der Waals surface area contributed by atoms with Crippen LogP contribution in [0.1, 0.15) is 13.8 Å². The molecular formula is C10H21ClN2O. The zero-order chi connectivity index (χ0) is 10.6. The minimum absolute atomic E-state index is 0.338. The third-order valence-corrected chi connectivity index (χ3v) is 3.14. The molecule has 0 aromatic rings. The van der Waals surface area contributed by atoms with Crippen molar-refractivity contribution in [3.63, 3.8) is 0 Å². The molecule has 1 aliphatic heterocycles. The Morgan fingerprint density at radius 2 is 1.79 bits per heavy atom. The number of hydrogen-bond donors (Lipinski definition) is 1. The molecule has 0 aliphatic carbocycles. The van der Waals surface area contributed by atoms with Crippen molar-refractivity contribution in [2.24, 2.45) is 0 Å². The van der Waals surface area contributed by atoms with Crippen LogP contribution < -0.4 is 0 Å². The predicted molar refractivity (Wildman–Crippen MR) is 59.9 cm³/mol. The van der Waals surface area contributed by atoms with Crippen molar-refractivity contribution >= 4 is 11.6 Å². The van der Waals surface area contributed by atoms with Crippen molar-refractivity contribution in [3.05, 3.63) is 0 Å². The van der Waals surface area contributed by atoms with Gasteiger partial charge in [-0.1, -0.05) is 0 Å². The molecule has 1 aliphatic rings. The normalized spacial score (nSPS) is 22.9. The Kier molecular flexibility index (Phi) is 5.17. The van der Waals surface area contributed by atoms with Crippen LogP contribution in [0.4, 0.5) is 0 Å². The van der Waals surface area contributed by atoms with Gasteiger partial charge in [-0.3, -0.25) is 9.80 Å². The van der Waals surface area contributed by atoms with Crippen LogP contribution in [0.3, 0.4) is 0 Å². The van der Waals surface area contributed by atoms with Crippen LogP contribution in [0, 0.1) is 0 Å². The highest BCUT2D eigenvalue weighted by atomic mass is 35.5. The van der Waals surface area contributed by atoms with Gasteiger partial charge < -0.3 is 5.11 Å². The molecular weight excluding hydrogens is 200 g/mol. The smallest absolute Gasteiger partial charge is 0.0802 e. The Morgan fingerprint density at radius 3 is 2.21 bits per heavy atom. The van der Waals surface area contributed by atoms with Crippen LogP contribution in [0.2, 0.25) is 0 Å². The second-order valence-corrected chi connectivity index (χ2v) is 4.55. The lowest BCUT2D eigenvalue weighted by molar-refractivity contribution is 0.0701. The first kappa shape index (κ1) is 12.2. The number of nitrogens with zero attached hydrogens (tertiary/aromatic N) is 2. The number of alkyl halides is 1. The predicted octanol–water partition coefficient (Wildman–Crippen LogP) is 0.612. The lowest BCUT2D eigenvalue weighted by atomic mass is 10.2. The van der Waals surface area contributed by atoms with Gasteiger partial charge in [0.05, 0.1) is 6.10 Å². The molecule has 3 nitrogen and oxygen atoms in total. The Bertz CT molecular complexity index is 158. The average molecular weight is 221 g/mol. The van der Waals surface area contributed by atoms with Gasteiger partial charge in [-0.05, 0) is 13.8 Å². The maximum atomic E-state index is 9.40. The van der Waals surface area contributed by atoms with Crippen LogP contribution in [-0.4, -0.2) is 65.7 Å². The topological polar surface area (TPSA) is 26.7 Å². The minimum atomic E-state index is -0.373. The van der Waals surface area contributed by atoms with Gasteiger partial charge in [0.15, 0.2) is 0 Å². The summed E-state index contributed by atoms with van der Waals surface area (Å²) in [6, 6.07) is 0.634. The van der Waals surface area contributed by atoms with E-state index in [0.29, 0.717) is 11.9 Å². The van der Waals surface area contributed by atoms with Crippen molar-refractivity contribution < 1.29 is 5.11 Å². The molecule has 0 aromatic carbocycles. The number of halogens is 1. The summed E-state index contributed by atoms with van der Waals surface area (Å²) in [5.41, 5.74) is 0. The van der Waals surface area contributed by atoms with E-state index < -0.39 is 0 Å². The highest BCUT2D eigenvalue weighted by Crippen LogP contribution is 2.06. The molecule has 0 aromatic heterocycles. The van der Waals surface area contributed by atoms with Gasteiger partial charge in [0.1, 0.15) is 0 Å². The van der Waals surface area contributed by atoms with E-state index >= 15 is 0 Å². The van der Waals surface area contributed by atoms with Gasteiger partial charge in [0.2, 0.25) is 0 Å². The fourth-order valence-corrected chi connectivity index (χ4v) is 1.91. The molecule has 4 heteroatoms. The SMILES string of the molecule is CC(C)N1CCN(CC(O)CCl)CC1. The monoisotopic (exact) mass is 220 g/mol. The summed E-state index contributed by atoms with van der Waals surface area (Å²) in [5.74, 6) is 0.338. The van der Waals surface area contributed by atoms with E-state index in [1.807, 2.05) is 0 Å². The zero-order valence-electron chi connectivity index (χ0n) is 9.12. The Hall–Kier alpha value is 0.170. The van der Waals surface area contributed by atoms with E-state index in [4.69, 9.17) is 11.6 Å². The standard InChI is InChI=1S/C10H21ClN2O/c1-9(2)13-5-3-12(4-6-13)8-10(14)7-11/h9-10,14H,3-8H2,1-2H3. The Labute approximate surface area is 91.6 Å². The molecule has 0 bridgehead atoms. The highest BCUT2D eigenvalue weighted by Gasteiger charge is 2.19. The lowest BCUT2D eigenvalue weighted by Crippen LogP contribution is -2.50. The van der Waals surface area contributed by atoms with Gasteiger partial charge in [-0.15, -0.1) is 11.6 Å². The summed E-state index contributed by atoms with van der Waals surface area (Å²) in [6.45, 7) is 9.47. The maximum Gasteiger partial charge on any atom is 0.0802 e. The lowest BCUT2D eigenvalue weighted by Gasteiger charge is -2.37. The van der Waals surface area contributed by atoms with Gasteiger partial charge in [-0.2, -0.15) is 0 Å². The average Bonchev–Trinajstić information content (AvgIpc) is 2.18. The summed E-state index contributed by atoms with van der Waals surface area (Å²) >= 11 is 5.56. The molecule has 0 amide bonds. The fourth-order valence-electron chi connectivity index (χ4n) is 1.81. The summed E-state index contributed by atoms with van der Waals surface area (Å²) in [4.78, 5) is 4.75. The van der Waals surface area contributed by atoms with Gasteiger partial charge in [0.25, 0.3) is 0 Å². The molecule has 1 unspecified atom stereocenters. The molecule has 14 heavy (non-hydrogen) atoms. The number of aliphatic hydroxyl groups excluding tert-OH is 1.